The maximum Gasteiger partial charge on any atom is 0.306 e. The van der Waals surface area contributed by atoms with E-state index in [9.17, 15) is 13.2 Å². The first-order chi connectivity index (χ1) is 7.95. The fourth-order valence-corrected chi connectivity index (χ4v) is 2.08. The molecule has 17 heavy (non-hydrogen) atoms. The van der Waals surface area contributed by atoms with Crippen molar-refractivity contribution < 1.29 is 23.1 Å². The molecule has 1 rings (SSSR count). The molecule has 0 radical (unpaired) electrons. The molecule has 0 saturated heterocycles. The molecule has 0 amide bonds. The number of aliphatic carboxylic acids is 1. The summed E-state index contributed by atoms with van der Waals surface area (Å²) in [7, 11) is -2.36. The molecule has 9 heteroatoms. The van der Waals surface area contributed by atoms with Gasteiger partial charge in [0.15, 0.2) is 0 Å². The number of carbonyl (C=O) groups is 1. The van der Waals surface area contributed by atoms with Crippen molar-refractivity contribution in [1.82, 2.24) is 14.9 Å². The van der Waals surface area contributed by atoms with Gasteiger partial charge in [0.1, 0.15) is 4.90 Å². The van der Waals surface area contributed by atoms with Gasteiger partial charge in [-0.1, -0.05) is 0 Å². The van der Waals surface area contributed by atoms with Gasteiger partial charge in [-0.05, 0) is 0 Å². The summed E-state index contributed by atoms with van der Waals surface area (Å²) in [6, 6.07) is 0. The van der Waals surface area contributed by atoms with Crippen LogP contribution in [0.25, 0.3) is 0 Å². The highest BCUT2D eigenvalue weighted by molar-refractivity contribution is 7.89. The van der Waals surface area contributed by atoms with Crippen LogP contribution in [0.15, 0.2) is 17.3 Å². The van der Waals surface area contributed by atoms with E-state index in [1.165, 1.54) is 13.3 Å². The standard InChI is InChI=1S/C8H13N3O5S/c1-16-6(2-8(12)13)3-11-17(14,15)7-4-9-10-5-7/h4-6,11H,2-3H2,1H3,(H,9,10)(H,12,13). The predicted molar refractivity (Wildman–Crippen MR) is 56.8 cm³/mol. The van der Waals surface area contributed by atoms with Crippen LogP contribution in [0.2, 0.25) is 0 Å². The number of carboxylic acids is 1. The molecule has 96 valence electrons. The van der Waals surface area contributed by atoms with Crippen LogP contribution in [0, 0.1) is 0 Å². The number of methoxy groups -OCH3 is 1. The van der Waals surface area contributed by atoms with Gasteiger partial charge < -0.3 is 9.84 Å². The number of nitrogens with one attached hydrogen (secondary N) is 2. The van der Waals surface area contributed by atoms with E-state index in [0.29, 0.717) is 0 Å². The van der Waals surface area contributed by atoms with Crippen LogP contribution < -0.4 is 4.72 Å². The molecule has 3 N–H and O–H groups in total. The Hall–Kier alpha value is -1.45. The Labute approximate surface area is 98.0 Å². The van der Waals surface area contributed by atoms with Crippen molar-refractivity contribution in [1.29, 1.82) is 0 Å². The molecule has 1 heterocycles. The highest BCUT2D eigenvalue weighted by Gasteiger charge is 2.19. The van der Waals surface area contributed by atoms with Crippen molar-refractivity contribution in [2.24, 2.45) is 0 Å². The summed E-state index contributed by atoms with van der Waals surface area (Å²) in [5.74, 6) is -1.06. The molecule has 0 bridgehead atoms. The number of hydrogen-bond acceptors (Lipinski definition) is 5. The molecule has 0 aliphatic heterocycles. The van der Waals surface area contributed by atoms with Crippen LogP contribution in [0.3, 0.4) is 0 Å². The number of rotatable bonds is 7. The molecule has 1 unspecified atom stereocenters. The summed E-state index contributed by atoms with van der Waals surface area (Å²) >= 11 is 0. The van der Waals surface area contributed by atoms with Gasteiger partial charge in [0.05, 0.1) is 18.7 Å². The second-order valence-electron chi connectivity index (χ2n) is 3.24. The Morgan fingerprint density at radius 2 is 2.41 bits per heavy atom. The zero-order chi connectivity index (χ0) is 12.9. The molecule has 0 aromatic carbocycles. The number of sulfonamides is 1. The maximum atomic E-state index is 11.6. The number of carboxylic acid groups (broad SMARTS) is 1. The predicted octanol–water partition coefficient (Wildman–Crippen LogP) is -0.822. The molecule has 0 aliphatic carbocycles. The molecule has 8 nitrogen and oxygen atoms in total. The van der Waals surface area contributed by atoms with Gasteiger partial charge in [-0.15, -0.1) is 0 Å². The number of aromatic nitrogens is 2. The van der Waals surface area contributed by atoms with Crippen molar-refractivity contribution in [2.45, 2.75) is 17.4 Å². The minimum atomic E-state index is -3.67. The molecule has 1 aromatic heterocycles. The van der Waals surface area contributed by atoms with E-state index in [1.54, 1.807) is 0 Å². The molecular formula is C8H13N3O5S. The number of aromatic amines is 1. The molecule has 0 aliphatic rings. The molecule has 1 aromatic rings. The topological polar surface area (TPSA) is 121 Å². The Balaban J connectivity index is 2.57. The first-order valence-electron chi connectivity index (χ1n) is 4.68. The summed E-state index contributed by atoms with van der Waals surface area (Å²) < 4.78 is 30.3. The first-order valence-corrected chi connectivity index (χ1v) is 6.17. The lowest BCUT2D eigenvalue weighted by molar-refractivity contribution is -0.139. The smallest absolute Gasteiger partial charge is 0.306 e. The summed E-state index contributed by atoms with van der Waals surface area (Å²) in [6.45, 7) is -0.115. The van der Waals surface area contributed by atoms with Gasteiger partial charge in [0.25, 0.3) is 0 Å². The summed E-state index contributed by atoms with van der Waals surface area (Å²) in [5, 5.41) is 14.4. The number of nitrogens with zero attached hydrogens (tertiary/aromatic N) is 1. The lowest BCUT2D eigenvalue weighted by Gasteiger charge is -2.13. The quantitative estimate of drug-likeness (QED) is 0.590. The third kappa shape index (κ3) is 4.13. The molecular weight excluding hydrogens is 250 g/mol. The van der Waals surface area contributed by atoms with E-state index in [2.05, 4.69) is 14.9 Å². The summed E-state index contributed by atoms with van der Waals surface area (Å²) in [4.78, 5) is 10.4. The van der Waals surface area contributed by atoms with Crippen LogP contribution >= 0.6 is 0 Å². The second-order valence-corrected chi connectivity index (χ2v) is 5.01. The van der Waals surface area contributed by atoms with Gasteiger partial charge in [-0.2, -0.15) is 5.10 Å². The van der Waals surface area contributed by atoms with Crippen LogP contribution in [0.5, 0.6) is 0 Å². The lowest BCUT2D eigenvalue weighted by atomic mass is 10.2. The average molecular weight is 263 g/mol. The molecule has 0 spiro atoms. The normalized spacial score (nSPS) is 13.5. The minimum absolute atomic E-state index is 0.0114. The van der Waals surface area contributed by atoms with Crippen molar-refractivity contribution in [3.8, 4) is 0 Å². The van der Waals surface area contributed by atoms with E-state index in [0.717, 1.165) is 6.20 Å². The summed E-state index contributed by atoms with van der Waals surface area (Å²) in [6.07, 6.45) is 1.39. The molecule has 0 saturated carbocycles. The van der Waals surface area contributed by atoms with Crippen LogP contribution in [-0.2, 0) is 19.6 Å². The van der Waals surface area contributed by atoms with E-state index in [1.807, 2.05) is 0 Å². The second kappa shape index (κ2) is 5.75. The average Bonchev–Trinajstić information content (AvgIpc) is 2.77. The van der Waals surface area contributed by atoms with E-state index in [-0.39, 0.29) is 17.9 Å². The van der Waals surface area contributed by atoms with E-state index >= 15 is 0 Å². The van der Waals surface area contributed by atoms with Crippen molar-refractivity contribution in [2.75, 3.05) is 13.7 Å². The van der Waals surface area contributed by atoms with Crippen LogP contribution in [-0.4, -0.2) is 49.4 Å². The van der Waals surface area contributed by atoms with Gasteiger partial charge in [-0.25, -0.2) is 13.1 Å². The zero-order valence-electron chi connectivity index (χ0n) is 9.08. The van der Waals surface area contributed by atoms with Crippen molar-refractivity contribution in [3.05, 3.63) is 12.4 Å². The van der Waals surface area contributed by atoms with E-state index < -0.39 is 22.1 Å². The summed E-state index contributed by atoms with van der Waals surface area (Å²) in [5.41, 5.74) is 0. The highest BCUT2D eigenvalue weighted by atomic mass is 32.2. The largest absolute Gasteiger partial charge is 0.481 e. The van der Waals surface area contributed by atoms with Gasteiger partial charge >= 0.3 is 5.97 Å². The van der Waals surface area contributed by atoms with Crippen molar-refractivity contribution in [3.63, 3.8) is 0 Å². The molecule has 1 atom stereocenters. The first kappa shape index (κ1) is 13.6. The number of hydrogen-bond donors (Lipinski definition) is 3. The number of H-pyrrole nitrogens is 1. The van der Waals surface area contributed by atoms with Gasteiger partial charge in [-0.3, -0.25) is 9.89 Å². The molecule has 0 fully saturated rings. The van der Waals surface area contributed by atoms with Crippen molar-refractivity contribution >= 4 is 16.0 Å². The lowest BCUT2D eigenvalue weighted by Crippen LogP contribution is -2.34. The third-order valence-electron chi connectivity index (χ3n) is 2.02. The number of ether oxygens (including phenoxy) is 1. The van der Waals surface area contributed by atoms with Crippen LogP contribution in [0.1, 0.15) is 6.42 Å². The fourth-order valence-electron chi connectivity index (χ4n) is 1.11. The Morgan fingerprint density at radius 1 is 1.71 bits per heavy atom. The Morgan fingerprint density at radius 3 is 2.88 bits per heavy atom. The Kier molecular flexibility index (Phi) is 4.61. The van der Waals surface area contributed by atoms with E-state index in [4.69, 9.17) is 9.84 Å². The van der Waals surface area contributed by atoms with Gasteiger partial charge in [0, 0.05) is 19.9 Å². The zero-order valence-corrected chi connectivity index (χ0v) is 9.90. The third-order valence-corrected chi connectivity index (χ3v) is 3.41. The minimum Gasteiger partial charge on any atom is -0.481 e. The fraction of sp³-hybridized carbons (Fsp3) is 0.500. The van der Waals surface area contributed by atoms with Gasteiger partial charge in [0.2, 0.25) is 10.0 Å². The monoisotopic (exact) mass is 263 g/mol. The van der Waals surface area contributed by atoms with Crippen LogP contribution in [0.4, 0.5) is 0 Å². The highest BCUT2D eigenvalue weighted by Crippen LogP contribution is 2.05. The Bertz CT molecular complexity index is 456. The maximum absolute atomic E-state index is 11.6. The SMILES string of the molecule is COC(CNS(=O)(=O)c1cn[nH]c1)CC(=O)O.